The van der Waals surface area contributed by atoms with Gasteiger partial charge in [-0.2, -0.15) is 0 Å². The van der Waals surface area contributed by atoms with Crippen molar-refractivity contribution in [2.75, 3.05) is 44.0 Å². The van der Waals surface area contributed by atoms with E-state index in [1.54, 1.807) is 35.2 Å². The molecule has 0 saturated carbocycles. The highest BCUT2D eigenvalue weighted by atomic mass is 35.5. The van der Waals surface area contributed by atoms with Crippen molar-refractivity contribution in [3.05, 3.63) is 89.5 Å². The summed E-state index contributed by atoms with van der Waals surface area (Å²) in [5, 5.41) is 4.42. The molecule has 1 aromatic heterocycles. The Labute approximate surface area is 237 Å². The molecular formula is C30H29ClFN5O3. The first-order valence-corrected chi connectivity index (χ1v) is 13.2. The standard InChI is InChI=1S/C30H29ClFN5O3/c1-36(2)11-4-8-29(38)37-12-5-13-39-28-17-25-23(16-26(28)37)30(34-19-33-25)35-22-9-10-27(24(31)15-22)40-18-20-6-3-7-21(32)14-20/h3-4,6-10,14-17,19H,5,11-13,18H2,1-2H3,(H,33,34,35). The number of fused-ring (bicyclic) bond motifs is 2. The van der Waals surface area contributed by atoms with Crippen LogP contribution in [0.15, 0.2) is 73.1 Å². The van der Waals surface area contributed by atoms with E-state index >= 15 is 0 Å². The van der Waals surface area contributed by atoms with Gasteiger partial charge in [0.2, 0.25) is 0 Å². The van der Waals surface area contributed by atoms with Crippen LogP contribution in [0, 0.1) is 5.82 Å². The van der Waals surface area contributed by atoms with Crippen molar-refractivity contribution in [2.45, 2.75) is 13.0 Å². The van der Waals surface area contributed by atoms with E-state index < -0.39 is 0 Å². The number of benzene rings is 3. The summed E-state index contributed by atoms with van der Waals surface area (Å²) in [6.45, 7) is 1.89. The summed E-state index contributed by atoms with van der Waals surface area (Å²) < 4.78 is 25.2. The van der Waals surface area contributed by atoms with Gasteiger partial charge in [0.25, 0.3) is 5.91 Å². The quantitative estimate of drug-likeness (QED) is 0.265. The smallest absolute Gasteiger partial charge is 0.250 e. The van der Waals surface area contributed by atoms with E-state index in [0.29, 0.717) is 70.9 Å². The molecule has 8 nitrogen and oxygen atoms in total. The molecule has 0 fully saturated rings. The second kappa shape index (κ2) is 12.3. The molecular weight excluding hydrogens is 533 g/mol. The van der Waals surface area contributed by atoms with Crippen LogP contribution in [-0.4, -0.2) is 54.6 Å². The normalized spacial score (nSPS) is 13.3. The zero-order valence-electron chi connectivity index (χ0n) is 22.2. The molecule has 0 unspecified atom stereocenters. The van der Waals surface area contributed by atoms with Crippen LogP contribution in [0.4, 0.5) is 21.6 Å². The number of rotatable bonds is 8. The Kier molecular flexibility index (Phi) is 8.42. The molecule has 40 heavy (non-hydrogen) atoms. The lowest BCUT2D eigenvalue weighted by atomic mass is 10.1. The molecule has 1 aliphatic heterocycles. The number of nitrogens with zero attached hydrogens (tertiary/aromatic N) is 4. The Morgan fingerprint density at radius 1 is 1.20 bits per heavy atom. The van der Waals surface area contributed by atoms with Crippen LogP contribution in [-0.2, 0) is 11.4 Å². The fourth-order valence-corrected chi connectivity index (χ4v) is 4.56. The van der Waals surface area contributed by atoms with Gasteiger partial charge in [-0.25, -0.2) is 14.4 Å². The Morgan fingerprint density at radius 3 is 2.88 bits per heavy atom. The lowest BCUT2D eigenvalue weighted by Crippen LogP contribution is -2.30. The van der Waals surface area contributed by atoms with E-state index in [0.717, 1.165) is 5.39 Å². The number of amides is 1. The highest BCUT2D eigenvalue weighted by Gasteiger charge is 2.23. The molecule has 5 rings (SSSR count). The van der Waals surface area contributed by atoms with Gasteiger partial charge in [-0.05, 0) is 62.5 Å². The number of likely N-dealkylation sites (N-methyl/N-ethyl adjacent to an activating group) is 1. The maximum Gasteiger partial charge on any atom is 0.250 e. The number of ether oxygens (including phenoxy) is 2. The zero-order valence-corrected chi connectivity index (χ0v) is 23.0. The summed E-state index contributed by atoms with van der Waals surface area (Å²) in [6.07, 6.45) is 5.62. The molecule has 0 bridgehead atoms. The predicted octanol–water partition coefficient (Wildman–Crippen LogP) is 5.98. The first-order chi connectivity index (χ1) is 19.4. The van der Waals surface area contributed by atoms with Crippen LogP contribution in [0.3, 0.4) is 0 Å². The molecule has 206 valence electrons. The highest BCUT2D eigenvalue weighted by molar-refractivity contribution is 6.32. The van der Waals surface area contributed by atoms with Crippen LogP contribution in [0.1, 0.15) is 12.0 Å². The van der Waals surface area contributed by atoms with Gasteiger partial charge in [0, 0.05) is 36.3 Å². The first-order valence-electron chi connectivity index (χ1n) is 12.9. The van der Waals surface area contributed by atoms with Gasteiger partial charge < -0.3 is 24.6 Å². The molecule has 3 aromatic carbocycles. The van der Waals surface area contributed by atoms with Gasteiger partial charge in [-0.15, -0.1) is 0 Å². The van der Waals surface area contributed by atoms with Crippen molar-refractivity contribution in [1.29, 1.82) is 0 Å². The molecule has 4 aromatic rings. The van der Waals surface area contributed by atoms with Gasteiger partial charge in [-0.3, -0.25) is 4.79 Å². The number of hydrogen-bond donors (Lipinski definition) is 1. The second-order valence-corrected chi connectivity index (χ2v) is 10.0. The van der Waals surface area contributed by atoms with Gasteiger partial charge in [0.1, 0.15) is 36.1 Å². The minimum absolute atomic E-state index is 0.111. The molecule has 0 atom stereocenters. The number of hydrogen-bond acceptors (Lipinski definition) is 7. The number of halogens is 2. The van der Waals surface area contributed by atoms with Crippen molar-refractivity contribution in [3.8, 4) is 11.5 Å². The van der Waals surface area contributed by atoms with E-state index in [2.05, 4.69) is 15.3 Å². The highest BCUT2D eigenvalue weighted by Crippen LogP contribution is 2.38. The van der Waals surface area contributed by atoms with Gasteiger partial charge in [0.05, 0.1) is 22.8 Å². The lowest BCUT2D eigenvalue weighted by molar-refractivity contribution is -0.114. The Hall–Kier alpha value is -4.21. The SMILES string of the molecule is CN(C)CC=CC(=O)N1CCCOc2cc3ncnc(Nc4ccc(OCc5cccc(F)c5)c(Cl)c4)c3cc21. The number of anilines is 3. The number of carbonyl (C=O) groups excluding carboxylic acids is 1. The molecule has 0 aliphatic carbocycles. The third-order valence-electron chi connectivity index (χ3n) is 6.27. The lowest BCUT2D eigenvalue weighted by Gasteiger charge is -2.21. The predicted molar refractivity (Wildman–Crippen MR) is 155 cm³/mol. The van der Waals surface area contributed by atoms with E-state index in [1.807, 2.05) is 43.3 Å². The average molecular weight is 562 g/mol. The summed E-state index contributed by atoms with van der Waals surface area (Å²) in [7, 11) is 3.90. The van der Waals surface area contributed by atoms with Crippen LogP contribution in [0.5, 0.6) is 11.5 Å². The van der Waals surface area contributed by atoms with Gasteiger partial charge in [-0.1, -0.05) is 29.8 Å². The summed E-state index contributed by atoms with van der Waals surface area (Å²) >= 11 is 6.50. The molecule has 0 spiro atoms. The number of carbonyl (C=O) groups is 1. The Bertz CT molecular complexity index is 1560. The molecule has 2 heterocycles. The summed E-state index contributed by atoms with van der Waals surface area (Å²) in [4.78, 5) is 25.7. The molecule has 0 saturated heterocycles. The fraction of sp³-hybridized carbons (Fsp3) is 0.233. The van der Waals surface area contributed by atoms with Gasteiger partial charge in [0.15, 0.2) is 0 Å². The Balaban J connectivity index is 1.39. The van der Waals surface area contributed by atoms with Crippen LogP contribution < -0.4 is 19.7 Å². The average Bonchev–Trinajstić information content (AvgIpc) is 3.13. The maximum absolute atomic E-state index is 13.5. The first kappa shape index (κ1) is 27.4. The van der Waals surface area contributed by atoms with Crippen molar-refractivity contribution in [1.82, 2.24) is 14.9 Å². The van der Waals surface area contributed by atoms with Crippen LogP contribution in [0.2, 0.25) is 5.02 Å². The van der Waals surface area contributed by atoms with E-state index in [1.165, 1.54) is 18.5 Å². The second-order valence-electron chi connectivity index (χ2n) is 9.60. The van der Waals surface area contributed by atoms with Crippen molar-refractivity contribution in [2.24, 2.45) is 0 Å². The maximum atomic E-state index is 13.5. The van der Waals surface area contributed by atoms with Crippen LogP contribution >= 0.6 is 11.6 Å². The van der Waals surface area contributed by atoms with Crippen molar-refractivity contribution < 1.29 is 18.7 Å². The minimum Gasteiger partial charge on any atom is -0.491 e. The number of aromatic nitrogens is 2. The molecule has 1 aliphatic rings. The van der Waals surface area contributed by atoms with E-state index in [9.17, 15) is 9.18 Å². The zero-order chi connectivity index (χ0) is 28.1. The summed E-state index contributed by atoms with van der Waals surface area (Å²) in [5.41, 5.74) is 2.74. The Morgan fingerprint density at radius 2 is 2.08 bits per heavy atom. The minimum atomic E-state index is -0.319. The van der Waals surface area contributed by atoms with Gasteiger partial charge >= 0.3 is 0 Å². The van der Waals surface area contributed by atoms with E-state index in [-0.39, 0.29) is 18.3 Å². The fourth-order valence-electron chi connectivity index (χ4n) is 4.33. The third-order valence-corrected chi connectivity index (χ3v) is 6.56. The largest absolute Gasteiger partial charge is 0.491 e. The summed E-state index contributed by atoms with van der Waals surface area (Å²) in [5.74, 6) is 1.20. The molecule has 1 amide bonds. The molecule has 0 radical (unpaired) electrons. The monoisotopic (exact) mass is 561 g/mol. The van der Waals surface area contributed by atoms with Crippen molar-refractivity contribution >= 4 is 45.6 Å². The summed E-state index contributed by atoms with van der Waals surface area (Å²) in [6, 6.07) is 15.2. The van der Waals surface area contributed by atoms with Crippen LogP contribution in [0.25, 0.3) is 10.9 Å². The third kappa shape index (κ3) is 6.50. The van der Waals surface area contributed by atoms with Crippen molar-refractivity contribution in [3.63, 3.8) is 0 Å². The van der Waals surface area contributed by atoms with E-state index in [4.69, 9.17) is 21.1 Å². The molecule has 10 heteroatoms. The molecule has 1 N–H and O–H groups in total. The topological polar surface area (TPSA) is 79.8 Å². The number of nitrogens with one attached hydrogen (secondary N) is 1.